The molecule has 0 saturated carbocycles. The second kappa shape index (κ2) is 6.49. The number of hydrogen-bond donors (Lipinski definition) is 1. The van der Waals surface area contributed by atoms with Crippen LogP contribution in [0.25, 0.3) is 10.1 Å². The third-order valence-corrected chi connectivity index (χ3v) is 5.89. The predicted octanol–water partition coefficient (Wildman–Crippen LogP) is 3.43. The largest absolute Gasteiger partial charge is 0.351 e. The fourth-order valence-electron chi connectivity index (χ4n) is 2.90. The number of benzene rings is 1. The van der Waals surface area contributed by atoms with Crippen LogP contribution in [0.2, 0.25) is 5.02 Å². The van der Waals surface area contributed by atoms with E-state index in [1.165, 1.54) is 0 Å². The predicted molar refractivity (Wildman–Crippen MR) is 93.6 cm³/mol. The zero-order chi connectivity index (χ0) is 16.6. The molecule has 0 spiro atoms. The van der Waals surface area contributed by atoms with E-state index in [1.807, 2.05) is 38.1 Å². The van der Waals surface area contributed by atoms with Crippen LogP contribution < -0.4 is 5.32 Å². The molecule has 1 aromatic carbocycles. The molecule has 2 aromatic rings. The highest BCUT2D eigenvalue weighted by Gasteiger charge is 2.35. The number of fused-ring (bicyclic) bond motifs is 1. The standard InChI is InChI=1S/C17H19ClN2O2S/c1-10(2)20-9-11(7-15(20)21)17(22)19-8-14-16(18)12-5-3-4-6-13(12)23-14/h3-6,10-11H,7-9H2,1-2H3,(H,19,22)/t11-/m0/s1. The fourth-order valence-corrected chi connectivity index (χ4v) is 4.34. The van der Waals surface area contributed by atoms with Gasteiger partial charge in [-0.05, 0) is 19.9 Å². The Balaban J connectivity index is 1.65. The van der Waals surface area contributed by atoms with Crippen molar-refractivity contribution in [2.24, 2.45) is 5.92 Å². The van der Waals surface area contributed by atoms with Crippen molar-refractivity contribution in [3.63, 3.8) is 0 Å². The molecule has 4 nitrogen and oxygen atoms in total. The monoisotopic (exact) mass is 350 g/mol. The molecule has 1 saturated heterocycles. The minimum atomic E-state index is -0.266. The summed E-state index contributed by atoms with van der Waals surface area (Å²) >= 11 is 7.98. The summed E-state index contributed by atoms with van der Waals surface area (Å²) in [6.07, 6.45) is 0.296. The van der Waals surface area contributed by atoms with E-state index in [2.05, 4.69) is 5.32 Å². The number of hydrogen-bond acceptors (Lipinski definition) is 3. The number of thiophene rings is 1. The molecule has 1 fully saturated rings. The van der Waals surface area contributed by atoms with Gasteiger partial charge >= 0.3 is 0 Å². The molecule has 0 bridgehead atoms. The lowest BCUT2D eigenvalue weighted by atomic mass is 10.1. The van der Waals surface area contributed by atoms with Crippen LogP contribution in [-0.4, -0.2) is 29.3 Å². The molecule has 1 N–H and O–H groups in total. The van der Waals surface area contributed by atoms with Gasteiger partial charge in [-0.25, -0.2) is 0 Å². The van der Waals surface area contributed by atoms with Gasteiger partial charge in [0.1, 0.15) is 0 Å². The maximum absolute atomic E-state index is 12.3. The second-order valence-electron chi connectivity index (χ2n) is 6.09. The summed E-state index contributed by atoms with van der Waals surface area (Å²) in [5, 5.41) is 4.66. The van der Waals surface area contributed by atoms with E-state index < -0.39 is 0 Å². The van der Waals surface area contributed by atoms with Gasteiger partial charge in [0.25, 0.3) is 0 Å². The van der Waals surface area contributed by atoms with E-state index in [0.717, 1.165) is 15.0 Å². The molecule has 6 heteroatoms. The Labute approximate surface area is 144 Å². The zero-order valence-corrected chi connectivity index (χ0v) is 14.7. The summed E-state index contributed by atoms with van der Waals surface area (Å²) in [6.45, 7) is 4.84. The molecule has 2 heterocycles. The van der Waals surface area contributed by atoms with Crippen molar-refractivity contribution in [3.8, 4) is 0 Å². The first-order valence-corrected chi connectivity index (χ1v) is 8.90. The number of likely N-dealkylation sites (tertiary alicyclic amines) is 1. The number of nitrogens with one attached hydrogen (secondary N) is 1. The minimum Gasteiger partial charge on any atom is -0.351 e. The highest BCUT2D eigenvalue weighted by atomic mass is 35.5. The lowest BCUT2D eigenvalue weighted by molar-refractivity contribution is -0.129. The lowest BCUT2D eigenvalue weighted by Gasteiger charge is -2.20. The molecule has 1 aliphatic heterocycles. The first-order valence-electron chi connectivity index (χ1n) is 7.70. The maximum Gasteiger partial charge on any atom is 0.225 e. The second-order valence-corrected chi connectivity index (χ2v) is 7.61. The Bertz CT molecular complexity index is 756. The van der Waals surface area contributed by atoms with Crippen molar-refractivity contribution in [3.05, 3.63) is 34.2 Å². The molecule has 0 radical (unpaired) electrons. The molecule has 122 valence electrons. The van der Waals surface area contributed by atoms with E-state index in [9.17, 15) is 9.59 Å². The third kappa shape index (κ3) is 3.21. The van der Waals surface area contributed by atoms with Crippen LogP contribution in [-0.2, 0) is 16.1 Å². The van der Waals surface area contributed by atoms with Gasteiger partial charge in [-0.2, -0.15) is 0 Å². The number of nitrogens with zero attached hydrogens (tertiary/aromatic N) is 1. The van der Waals surface area contributed by atoms with Crippen LogP contribution in [0, 0.1) is 5.92 Å². The lowest BCUT2D eigenvalue weighted by Crippen LogP contribution is -2.35. The van der Waals surface area contributed by atoms with E-state index in [-0.39, 0.29) is 23.8 Å². The quantitative estimate of drug-likeness (QED) is 0.918. The van der Waals surface area contributed by atoms with Crippen LogP contribution in [0.4, 0.5) is 0 Å². The molecule has 3 rings (SSSR count). The van der Waals surface area contributed by atoms with Gasteiger partial charge in [0.05, 0.1) is 17.5 Å². The van der Waals surface area contributed by atoms with E-state index >= 15 is 0 Å². The van der Waals surface area contributed by atoms with Crippen LogP contribution in [0.5, 0.6) is 0 Å². The minimum absolute atomic E-state index is 0.0556. The Morgan fingerprint density at radius 2 is 2.17 bits per heavy atom. The van der Waals surface area contributed by atoms with Crippen molar-refractivity contribution in [2.45, 2.75) is 32.9 Å². The molecule has 23 heavy (non-hydrogen) atoms. The van der Waals surface area contributed by atoms with Crippen molar-refractivity contribution in [2.75, 3.05) is 6.54 Å². The zero-order valence-electron chi connectivity index (χ0n) is 13.1. The molecule has 0 aliphatic carbocycles. The molecule has 0 unspecified atom stereocenters. The normalized spacial score (nSPS) is 18.2. The average Bonchev–Trinajstić information content (AvgIpc) is 3.06. The molecular weight excluding hydrogens is 332 g/mol. The smallest absolute Gasteiger partial charge is 0.225 e. The molecular formula is C17H19ClN2O2S. The highest BCUT2D eigenvalue weighted by Crippen LogP contribution is 2.35. The molecule has 1 aromatic heterocycles. The Kier molecular flexibility index (Phi) is 4.60. The van der Waals surface area contributed by atoms with Crippen LogP contribution in [0.1, 0.15) is 25.1 Å². The number of halogens is 1. The summed E-state index contributed by atoms with van der Waals surface area (Å²) in [5.41, 5.74) is 0. The summed E-state index contributed by atoms with van der Waals surface area (Å²) in [7, 11) is 0. The van der Waals surface area contributed by atoms with E-state index in [0.29, 0.717) is 24.5 Å². The number of rotatable bonds is 4. The first-order chi connectivity index (χ1) is 11.0. The van der Waals surface area contributed by atoms with Crippen LogP contribution in [0.15, 0.2) is 24.3 Å². The topological polar surface area (TPSA) is 49.4 Å². The Morgan fingerprint density at radius 1 is 1.43 bits per heavy atom. The van der Waals surface area contributed by atoms with Crippen LogP contribution in [0.3, 0.4) is 0 Å². The summed E-state index contributed by atoms with van der Waals surface area (Å²) in [6, 6.07) is 8.07. The SMILES string of the molecule is CC(C)N1C[C@@H](C(=O)NCc2sc3ccccc3c2Cl)CC1=O. The van der Waals surface area contributed by atoms with Gasteiger partial charge in [0, 0.05) is 34.0 Å². The van der Waals surface area contributed by atoms with Gasteiger partial charge in [-0.15, -0.1) is 11.3 Å². The Hall–Kier alpha value is -1.59. The Morgan fingerprint density at radius 3 is 2.83 bits per heavy atom. The van der Waals surface area contributed by atoms with Crippen molar-refractivity contribution >= 4 is 44.8 Å². The average molecular weight is 351 g/mol. The number of carbonyl (C=O) groups is 2. The van der Waals surface area contributed by atoms with Crippen molar-refractivity contribution in [1.29, 1.82) is 0 Å². The van der Waals surface area contributed by atoms with Crippen LogP contribution >= 0.6 is 22.9 Å². The molecule has 1 aliphatic rings. The highest BCUT2D eigenvalue weighted by molar-refractivity contribution is 7.19. The summed E-state index contributed by atoms with van der Waals surface area (Å²) in [5.74, 6) is -0.284. The summed E-state index contributed by atoms with van der Waals surface area (Å²) in [4.78, 5) is 26.9. The van der Waals surface area contributed by atoms with E-state index in [4.69, 9.17) is 11.6 Å². The summed E-state index contributed by atoms with van der Waals surface area (Å²) < 4.78 is 1.11. The number of amides is 2. The van der Waals surface area contributed by atoms with Gasteiger partial charge in [0.15, 0.2) is 0 Å². The third-order valence-electron chi connectivity index (χ3n) is 4.18. The molecule has 1 atom stereocenters. The van der Waals surface area contributed by atoms with Crippen molar-refractivity contribution < 1.29 is 9.59 Å². The number of carbonyl (C=O) groups excluding carboxylic acids is 2. The van der Waals surface area contributed by atoms with Crippen molar-refractivity contribution in [1.82, 2.24) is 10.2 Å². The maximum atomic E-state index is 12.3. The molecule has 2 amide bonds. The van der Waals surface area contributed by atoms with Gasteiger partial charge in [-0.3, -0.25) is 9.59 Å². The van der Waals surface area contributed by atoms with E-state index in [1.54, 1.807) is 16.2 Å². The fraction of sp³-hybridized carbons (Fsp3) is 0.412. The first kappa shape index (κ1) is 16.3. The van der Waals surface area contributed by atoms with Gasteiger partial charge in [0.2, 0.25) is 11.8 Å². The van der Waals surface area contributed by atoms with Gasteiger partial charge in [-0.1, -0.05) is 29.8 Å². The van der Waals surface area contributed by atoms with Gasteiger partial charge < -0.3 is 10.2 Å².